The van der Waals surface area contributed by atoms with Gasteiger partial charge in [-0.2, -0.15) is 0 Å². The molecule has 0 aromatic heterocycles. The largest absolute Gasteiger partial charge is 0.383 e. The first-order valence-corrected chi connectivity index (χ1v) is 6.43. The van der Waals surface area contributed by atoms with Crippen molar-refractivity contribution >= 4 is 35.1 Å². The van der Waals surface area contributed by atoms with Gasteiger partial charge < -0.3 is 10.1 Å². The molecule has 1 fully saturated rings. The van der Waals surface area contributed by atoms with Gasteiger partial charge in [0.25, 0.3) is 5.91 Å². The van der Waals surface area contributed by atoms with Crippen LogP contribution in [-0.2, 0) is 9.53 Å². The number of ether oxygens (including phenoxy) is 1. The van der Waals surface area contributed by atoms with Crippen molar-refractivity contribution in [3.05, 3.63) is 33.8 Å². The Kier molecular flexibility index (Phi) is 4.63. The van der Waals surface area contributed by atoms with Gasteiger partial charge in [-0.1, -0.05) is 35.3 Å². The van der Waals surface area contributed by atoms with Gasteiger partial charge in [0.15, 0.2) is 5.96 Å². The highest BCUT2D eigenvalue weighted by Crippen LogP contribution is 2.30. The summed E-state index contributed by atoms with van der Waals surface area (Å²) in [7, 11) is 1.59. The average Bonchev–Trinajstić information content (AvgIpc) is 2.74. The van der Waals surface area contributed by atoms with Crippen molar-refractivity contribution in [1.29, 1.82) is 0 Å². The van der Waals surface area contributed by atoms with Crippen molar-refractivity contribution in [3.63, 3.8) is 0 Å². The van der Waals surface area contributed by atoms with Crippen LogP contribution in [-0.4, -0.2) is 32.1 Å². The molecule has 1 aliphatic rings. The minimum absolute atomic E-state index is 0.208. The summed E-state index contributed by atoms with van der Waals surface area (Å²) >= 11 is 12.0. The first kappa shape index (κ1) is 14.1. The van der Waals surface area contributed by atoms with E-state index < -0.39 is 6.04 Å². The summed E-state index contributed by atoms with van der Waals surface area (Å²) in [6, 6.07) is 4.60. The van der Waals surface area contributed by atoms with Gasteiger partial charge in [-0.05, 0) is 6.07 Å². The molecule has 1 heterocycles. The van der Waals surface area contributed by atoms with Crippen molar-refractivity contribution in [2.45, 2.75) is 6.04 Å². The maximum Gasteiger partial charge on any atom is 0.253 e. The molecule has 1 aliphatic heterocycles. The summed E-state index contributed by atoms with van der Waals surface area (Å²) in [5.41, 5.74) is 0.628. The monoisotopic (exact) mass is 301 g/mol. The SMILES string of the molecule is COCCN=C1NC(=O)C(c2cccc(Cl)c2Cl)N1. The first-order chi connectivity index (χ1) is 9.13. The van der Waals surface area contributed by atoms with Crippen molar-refractivity contribution in [2.75, 3.05) is 20.3 Å². The molecule has 19 heavy (non-hydrogen) atoms. The number of guanidine groups is 1. The van der Waals surface area contributed by atoms with E-state index in [-0.39, 0.29) is 5.91 Å². The fourth-order valence-corrected chi connectivity index (χ4v) is 2.14. The van der Waals surface area contributed by atoms with Gasteiger partial charge in [-0.15, -0.1) is 0 Å². The van der Waals surface area contributed by atoms with Crippen LogP contribution in [0.5, 0.6) is 0 Å². The molecule has 1 aromatic carbocycles. The lowest BCUT2D eigenvalue weighted by atomic mass is 10.1. The fraction of sp³-hybridized carbons (Fsp3) is 0.333. The molecular formula is C12H13Cl2N3O2. The number of hydrogen-bond acceptors (Lipinski definition) is 3. The number of nitrogens with zero attached hydrogens (tertiary/aromatic N) is 1. The molecule has 102 valence electrons. The van der Waals surface area contributed by atoms with Crippen LogP contribution in [0.1, 0.15) is 11.6 Å². The van der Waals surface area contributed by atoms with Gasteiger partial charge in [0.05, 0.1) is 23.2 Å². The number of methoxy groups -OCH3 is 1. The van der Waals surface area contributed by atoms with Crippen LogP contribution in [0.25, 0.3) is 0 Å². The molecule has 7 heteroatoms. The molecule has 1 atom stereocenters. The van der Waals surface area contributed by atoms with E-state index in [0.29, 0.717) is 34.7 Å². The quantitative estimate of drug-likeness (QED) is 0.833. The first-order valence-electron chi connectivity index (χ1n) is 5.68. The minimum atomic E-state index is -0.576. The Balaban J connectivity index is 2.16. The van der Waals surface area contributed by atoms with Gasteiger partial charge in [0.1, 0.15) is 6.04 Å². The van der Waals surface area contributed by atoms with E-state index in [1.807, 2.05) is 0 Å². The van der Waals surface area contributed by atoms with Gasteiger partial charge in [0.2, 0.25) is 0 Å². The van der Waals surface area contributed by atoms with Crippen LogP contribution >= 0.6 is 23.2 Å². The number of carbonyl (C=O) groups excluding carboxylic acids is 1. The summed E-state index contributed by atoms with van der Waals surface area (Å²) in [5, 5.41) is 6.41. The Morgan fingerprint density at radius 1 is 1.42 bits per heavy atom. The Morgan fingerprint density at radius 2 is 2.21 bits per heavy atom. The van der Waals surface area contributed by atoms with E-state index >= 15 is 0 Å². The molecule has 2 N–H and O–H groups in total. The van der Waals surface area contributed by atoms with Crippen LogP contribution in [0, 0.1) is 0 Å². The van der Waals surface area contributed by atoms with E-state index in [1.165, 1.54) is 0 Å². The number of halogens is 2. The van der Waals surface area contributed by atoms with Crippen molar-refractivity contribution < 1.29 is 9.53 Å². The van der Waals surface area contributed by atoms with Crippen molar-refractivity contribution in [1.82, 2.24) is 10.6 Å². The van der Waals surface area contributed by atoms with Crippen LogP contribution in [0.3, 0.4) is 0 Å². The van der Waals surface area contributed by atoms with Gasteiger partial charge in [-0.3, -0.25) is 15.1 Å². The molecule has 1 amide bonds. The molecule has 0 saturated carbocycles. The summed E-state index contributed by atoms with van der Waals surface area (Å²) in [5.74, 6) is 0.212. The van der Waals surface area contributed by atoms with Crippen molar-refractivity contribution in [3.8, 4) is 0 Å². The van der Waals surface area contributed by atoms with Gasteiger partial charge >= 0.3 is 0 Å². The van der Waals surface area contributed by atoms with Crippen LogP contribution in [0.4, 0.5) is 0 Å². The van der Waals surface area contributed by atoms with E-state index in [4.69, 9.17) is 27.9 Å². The highest BCUT2D eigenvalue weighted by molar-refractivity contribution is 6.42. The molecule has 5 nitrogen and oxygen atoms in total. The van der Waals surface area contributed by atoms with Gasteiger partial charge in [0, 0.05) is 12.7 Å². The van der Waals surface area contributed by atoms with E-state index in [1.54, 1.807) is 25.3 Å². The zero-order valence-electron chi connectivity index (χ0n) is 10.2. The molecule has 0 bridgehead atoms. The number of hydrogen-bond donors (Lipinski definition) is 2. The third-order valence-electron chi connectivity index (χ3n) is 2.64. The summed E-state index contributed by atoms with van der Waals surface area (Å²) < 4.78 is 4.89. The maximum absolute atomic E-state index is 11.9. The smallest absolute Gasteiger partial charge is 0.253 e. The molecule has 2 rings (SSSR count). The predicted molar refractivity (Wildman–Crippen MR) is 74.7 cm³/mol. The Hall–Kier alpha value is -1.30. The van der Waals surface area contributed by atoms with Crippen LogP contribution in [0.15, 0.2) is 23.2 Å². The lowest BCUT2D eigenvalue weighted by Crippen LogP contribution is -2.26. The van der Waals surface area contributed by atoms with E-state index in [9.17, 15) is 4.79 Å². The summed E-state index contributed by atoms with van der Waals surface area (Å²) in [6.07, 6.45) is 0. The zero-order valence-corrected chi connectivity index (χ0v) is 11.8. The number of benzene rings is 1. The number of nitrogens with one attached hydrogen (secondary N) is 2. The Labute approximate surface area is 120 Å². The second kappa shape index (κ2) is 6.23. The Bertz CT molecular complexity index is 520. The standard InChI is InChI=1S/C12H13Cl2N3O2/c1-19-6-5-15-12-16-10(11(18)17-12)7-3-2-4-8(13)9(7)14/h2-4,10H,5-6H2,1H3,(H2,15,16,17,18). The van der Waals surface area contributed by atoms with Crippen molar-refractivity contribution in [2.24, 2.45) is 4.99 Å². The normalized spacial score (nSPS) is 20.5. The van der Waals surface area contributed by atoms with Gasteiger partial charge in [-0.25, -0.2) is 0 Å². The lowest BCUT2D eigenvalue weighted by molar-refractivity contribution is -0.120. The molecule has 1 aromatic rings. The molecule has 1 saturated heterocycles. The second-order valence-corrected chi connectivity index (χ2v) is 4.72. The second-order valence-electron chi connectivity index (χ2n) is 3.93. The van der Waals surface area contributed by atoms with E-state index in [2.05, 4.69) is 15.6 Å². The Morgan fingerprint density at radius 3 is 2.95 bits per heavy atom. The highest BCUT2D eigenvalue weighted by atomic mass is 35.5. The molecule has 0 radical (unpaired) electrons. The minimum Gasteiger partial charge on any atom is -0.383 e. The maximum atomic E-state index is 11.9. The average molecular weight is 302 g/mol. The summed E-state index contributed by atoms with van der Waals surface area (Å²) in [6.45, 7) is 0.957. The summed E-state index contributed by atoms with van der Waals surface area (Å²) in [4.78, 5) is 16.1. The third kappa shape index (κ3) is 3.18. The van der Waals surface area contributed by atoms with Crippen LogP contribution < -0.4 is 10.6 Å². The third-order valence-corrected chi connectivity index (χ3v) is 3.48. The molecule has 1 unspecified atom stereocenters. The molecule has 0 aliphatic carbocycles. The van der Waals surface area contributed by atoms with E-state index in [0.717, 1.165) is 0 Å². The molecular weight excluding hydrogens is 289 g/mol. The lowest BCUT2D eigenvalue weighted by Gasteiger charge is -2.10. The highest BCUT2D eigenvalue weighted by Gasteiger charge is 2.31. The molecule has 0 spiro atoms. The fourth-order valence-electron chi connectivity index (χ4n) is 1.72. The number of amides is 1. The number of carbonyl (C=O) groups is 1. The number of rotatable bonds is 4. The van der Waals surface area contributed by atoms with Crippen LogP contribution in [0.2, 0.25) is 10.0 Å². The predicted octanol–water partition coefficient (Wildman–Crippen LogP) is 1.76. The zero-order chi connectivity index (χ0) is 13.8. The number of aliphatic imine (C=N–C) groups is 1. The topological polar surface area (TPSA) is 62.7 Å².